The van der Waals surface area contributed by atoms with Crippen LogP contribution in [0.5, 0.6) is 11.8 Å². The number of urea groups is 1. The zero-order valence-electron chi connectivity index (χ0n) is 17.2. The number of aliphatic hydroxyl groups excluding tert-OH is 1. The maximum absolute atomic E-state index is 12.2. The number of nitrogens with one attached hydrogen (secondary N) is 2. The first-order valence-electron chi connectivity index (χ1n) is 10.2. The molecule has 9 nitrogen and oxygen atoms in total. The van der Waals surface area contributed by atoms with E-state index in [1.54, 1.807) is 18.2 Å². The van der Waals surface area contributed by atoms with Crippen molar-refractivity contribution in [1.29, 1.82) is 0 Å². The summed E-state index contributed by atoms with van der Waals surface area (Å²) < 4.78 is 5.66. The van der Waals surface area contributed by atoms with Crippen LogP contribution in [-0.2, 0) is 0 Å². The molecule has 2 amide bonds. The van der Waals surface area contributed by atoms with Crippen LogP contribution < -0.4 is 21.1 Å². The Hall–Kier alpha value is -3.43. The number of hydrogen-bond donors (Lipinski definition) is 4. The van der Waals surface area contributed by atoms with Crippen molar-refractivity contribution in [1.82, 2.24) is 20.3 Å². The Labute approximate surface area is 190 Å². The number of ether oxygens (including phenoxy) is 1. The lowest BCUT2D eigenvalue weighted by Gasteiger charge is -2.28. The lowest BCUT2D eigenvalue weighted by Crippen LogP contribution is -2.46. The molecule has 166 valence electrons. The maximum atomic E-state index is 12.2. The molecule has 3 aromatic rings. The van der Waals surface area contributed by atoms with Gasteiger partial charge in [0, 0.05) is 11.8 Å². The highest BCUT2D eigenvalue weighted by Crippen LogP contribution is 2.29. The van der Waals surface area contributed by atoms with E-state index in [4.69, 9.17) is 22.1 Å². The SMILES string of the molecule is Nc1ncc(Cl)cc1-c1ccc(Oc2ncc(NC(=O)NC3CCCCC3O)cn2)cc1. The predicted molar refractivity (Wildman–Crippen MR) is 122 cm³/mol. The molecule has 32 heavy (non-hydrogen) atoms. The topological polar surface area (TPSA) is 135 Å². The third-order valence-corrected chi connectivity index (χ3v) is 5.40. The summed E-state index contributed by atoms with van der Waals surface area (Å²) in [6.07, 6.45) is 7.31. The van der Waals surface area contributed by atoms with Gasteiger partial charge in [0.15, 0.2) is 0 Å². The fraction of sp³-hybridized carbons (Fsp3) is 0.273. The second kappa shape index (κ2) is 9.80. The number of halogens is 1. The van der Waals surface area contributed by atoms with Crippen molar-refractivity contribution in [3.8, 4) is 22.9 Å². The van der Waals surface area contributed by atoms with E-state index in [9.17, 15) is 9.90 Å². The molecule has 2 heterocycles. The molecule has 4 rings (SSSR count). The average molecular weight is 455 g/mol. The van der Waals surface area contributed by atoms with E-state index in [0.717, 1.165) is 30.4 Å². The number of aliphatic hydroxyl groups is 1. The van der Waals surface area contributed by atoms with Crippen LogP contribution in [0, 0.1) is 0 Å². The van der Waals surface area contributed by atoms with Gasteiger partial charge in [-0.2, -0.15) is 0 Å². The van der Waals surface area contributed by atoms with E-state index in [1.165, 1.54) is 18.6 Å². The molecular formula is C22H23ClN6O3. The molecular weight excluding hydrogens is 432 g/mol. The van der Waals surface area contributed by atoms with E-state index in [2.05, 4.69) is 25.6 Å². The fourth-order valence-electron chi connectivity index (χ4n) is 3.54. The van der Waals surface area contributed by atoms with Gasteiger partial charge in [0.05, 0.1) is 35.2 Å². The van der Waals surface area contributed by atoms with Gasteiger partial charge in [-0.05, 0) is 36.6 Å². The van der Waals surface area contributed by atoms with Gasteiger partial charge in [-0.15, -0.1) is 0 Å². The smallest absolute Gasteiger partial charge is 0.322 e. The van der Waals surface area contributed by atoms with Crippen LogP contribution in [-0.4, -0.2) is 38.2 Å². The van der Waals surface area contributed by atoms with Gasteiger partial charge in [0.1, 0.15) is 11.6 Å². The first-order chi connectivity index (χ1) is 15.5. The second-order valence-electron chi connectivity index (χ2n) is 7.52. The molecule has 0 spiro atoms. The minimum atomic E-state index is -0.514. The molecule has 5 N–H and O–H groups in total. The number of amides is 2. The number of carbonyl (C=O) groups excluding carboxylic acids is 1. The zero-order valence-corrected chi connectivity index (χ0v) is 17.9. The van der Waals surface area contributed by atoms with Crippen LogP contribution in [0.25, 0.3) is 11.1 Å². The van der Waals surface area contributed by atoms with Crippen LogP contribution in [0.1, 0.15) is 25.7 Å². The number of hydrogen-bond acceptors (Lipinski definition) is 7. The highest BCUT2D eigenvalue weighted by Gasteiger charge is 2.24. The summed E-state index contributed by atoms with van der Waals surface area (Å²) in [7, 11) is 0. The molecule has 10 heteroatoms. The molecule has 0 bridgehead atoms. The van der Waals surface area contributed by atoms with Gasteiger partial charge in [-0.25, -0.2) is 19.7 Å². The van der Waals surface area contributed by atoms with E-state index in [-0.39, 0.29) is 12.1 Å². The van der Waals surface area contributed by atoms with Crippen molar-refractivity contribution in [2.45, 2.75) is 37.8 Å². The van der Waals surface area contributed by atoms with Crippen molar-refractivity contribution < 1.29 is 14.6 Å². The summed E-state index contributed by atoms with van der Waals surface area (Å²) in [5.74, 6) is 0.920. The number of carbonyl (C=O) groups is 1. The highest BCUT2D eigenvalue weighted by atomic mass is 35.5. The lowest BCUT2D eigenvalue weighted by atomic mass is 9.93. The summed E-state index contributed by atoms with van der Waals surface area (Å²) in [4.78, 5) is 24.5. The van der Waals surface area contributed by atoms with E-state index < -0.39 is 12.1 Å². The lowest BCUT2D eigenvalue weighted by molar-refractivity contribution is 0.0955. The summed E-state index contributed by atoms with van der Waals surface area (Å²) in [5.41, 5.74) is 7.92. The van der Waals surface area contributed by atoms with E-state index in [1.807, 2.05) is 12.1 Å². The van der Waals surface area contributed by atoms with E-state index in [0.29, 0.717) is 28.7 Å². The summed E-state index contributed by atoms with van der Waals surface area (Å²) in [6, 6.07) is 8.42. The van der Waals surface area contributed by atoms with Crippen LogP contribution >= 0.6 is 11.6 Å². The molecule has 0 aliphatic heterocycles. The number of aromatic nitrogens is 3. The third kappa shape index (κ3) is 5.43. The van der Waals surface area contributed by atoms with Crippen molar-refractivity contribution in [3.63, 3.8) is 0 Å². The molecule has 2 aromatic heterocycles. The second-order valence-corrected chi connectivity index (χ2v) is 7.96. The molecule has 1 aliphatic carbocycles. The largest absolute Gasteiger partial charge is 0.424 e. The molecule has 2 atom stereocenters. The number of nitrogens with zero attached hydrogens (tertiary/aromatic N) is 3. The van der Waals surface area contributed by atoms with Gasteiger partial charge in [-0.3, -0.25) is 0 Å². The summed E-state index contributed by atoms with van der Waals surface area (Å²) in [5, 5.41) is 15.9. The first-order valence-corrected chi connectivity index (χ1v) is 10.6. The Morgan fingerprint density at radius 2 is 1.81 bits per heavy atom. The minimum absolute atomic E-state index is 0.135. The quantitative estimate of drug-likeness (QED) is 0.457. The van der Waals surface area contributed by atoms with Crippen molar-refractivity contribution >= 4 is 29.1 Å². The molecule has 1 aliphatic rings. The van der Waals surface area contributed by atoms with Crippen molar-refractivity contribution in [2.24, 2.45) is 0 Å². The Bertz CT molecular complexity index is 1080. The van der Waals surface area contributed by atoms with Gasteiger partial charge < -0.3 is 26.2 Å². The fourth-order valence-corrected chi connectivity index (χ4v) is 3.70. The number of rotatable bonds is 5. The number of benzene rings is 1. The number of anilines is 2. The molecule has 2 unspecified atom stereocenters. The molecule has 1 saturated carbocycles. The predicted octanol–water partition coefficient (Wildman–Crippen LogP) is 3.99. The standard InChI is InChI=1S/C22H23ClN6O3/c23-14-9-17(20(24)25-10-14)13-5-7-16(8-6-13)32-22-26-11-15(12-27-22)28-21(31)29-18-3-1-2-4-19(18)30/h5-12,18-19,30H,1-4H2,(H2,24,25)(H2,28,29,31). The van der Waals surface area contributed by atoms with Crippen LogP contribution in [0.4, 0.5) is 16.3 Å². The highest BCUT2D eigenvalue weighted by molar-refractivity contribution is 6.30. The van der Waals surface area contributed by atoms with Crippen LogP contribution in [0.15, 0.2) is 48.9 Å². The van der Waals surface area contributed by atoms with Crippen molar-refractivity contribution in [3.05, 3.63) is 53.9 Å². The summed E-state index contributed by atoms with van der Waals surface area (Å²) in [6.45, 7) is 0. The van der Waals surface area contributed by atoms with E-state index >= 15 is 0 Å². The van der Waals surface area contributed by atoms with Gasteiger partial charge in [0.25, 0.3) is 0 Å². The Kier molecular flexibility index (Phi) is 6.67. The monoisotopic (exact) mass is 454 g/mol. The third-order valence-electron chi connectivity index (χ3n) is 5.19. The van der Waals surface area contributed by atoms with Crippen molar-refractivity contribution in [2.75, 3.05) is 11.1 Å². The Balaban J connectivity index is 1.34. The number of pyridine rings is 1. The molecule has 0 radical (unpaired) electrons. The number of nitrogen functional groups attached to an aromatic ring is 1. The zero-order chi connectivity index (χ0) is 22.5. The Morgan fingerprint density at radius 3 is 2.53 bits per heavy atom. The average Bonchev–Trinajstić information content (AvgIpc) is 2.79. The molecule has 1 fully saturated rings. The van der Waals surface area contributed by atoms with Crippen LogP contribution in [0.3, 0.4) is 0 Å². The van der Waals surface area contributed by atoms with Crippen LogP contribution in [0.2, 0.25) is 5.02 Å². The normalized spacial score (nSPS) is 18.1. The first kappa shape index (κ1) is 21.8. The van der Waals surface area contributed by atoms with Gasteiger partial charge in [0.2, 0.25) is 0 Å². The van der Waals surface area contributed by atoms with Gasteiger partial charge in [-0.1, -0.05) is 36.6 Å². The number of nitrogens with two attached hydrogens (primary N) is 1. The molecule has 0 saturated heterocycles. The molecule has 1 aromatic carbocycles. The minimum Gasteiger partial charge on any atom is -0.424 e. The summed E-state index contributed by atoms with van der Waals surface area (Å²) >= 11 is 6.00. The Morgan fingerprint density at radius 1 is 1.09 bits per heavy atom. The van der Waals surface area contributed by atoms with Gasteiger partial charge >= 0.3 is 12.0 Å². The maximum Gasteiger partial charge on any atom is 0.322 e.